The molecule has 2 bridgehead atoms. The first-order valence-corrected chi connectivity index (χ1v) is 6.84. The van der Waals surface area contributed by atoms with Crippen LogP contribution in [0, 0.1) is 10.8 Å². The molecule has 1 aliphatic carbocycles. The SMILES string of the molecule is CC1(C)[C@@]2(C)CC[C@@]1(C(=O)Oc1ccccc1)OC2=O. The van der Waals surface area contributed by atoms with Crippen molar-refractivity contribution < 1.29 is 19.1 Å². The fourth-order valence-electron chi connectivity index (χ4n) is 3.38. The summed E-state index contributed by atoms with van der Waals surface area (Å²) < 4.78 is 10.9. The van der Waals surface area contributed by atoms with Gasteiger partial charge in [-0.05, 0) is 31.9 Å². The molecule has 106 valence electrons. The van der Waals surface area contributed by atoms with Gasteiger partial charge in [0.05, 0.1) is 5.41 Å². The van der Waals surface area contributed by atoms with Crippen LogP contribution in [-0.2, 0) is 14.3 Å². The Morgan fingerprint density at radius 2 is 1.80 bits per heavy atom. The molecule has 20 heavy (non-hydrogen) atoms. The lowest BCUT2D eigenvalue weighted by atomic mass is 9.66. The van der Waals surface area contributed by atoms with Crippen LogP contribution >= 0.6 is 0 Å². The van der Waals surface area contributed by atoms with Gasteiger partial charge in [0, 0.05) is 5.41 Å². The van der Waals surface area contributed by atoms with Crippen LogP contribution < -0.4 is 4.74 Å². The van der Waals surface area contributed by atoms with Crippen molar-refractivity contribution in [2.75, 3.05) is 0 Å². The molecular weight excluding hydrogens is 256 g/mol. The standard InChI is InChI=1S/C16H18O4/c1-14(2)15(3)9-10-16(14,20-12(15)17)13(18)19-11-7-5-4-6-8-11/h4-8H,9-10H2,1-3H3/t15-,16-/m0/s1. The highest BCUT2D eigenvalue weighted by molar-refractivity contribution is 5.94. The summed E-state index contributed by atoms with van der Waals surface area (Å²) in [5.74, 6) is -0.290. The molecule has 2 fully saturated rings. The number of ether oxygens (including phenoxy) is 2. The van der Waals surface area contributed by atoms with Crippen LogP contribution in [0.15, 0.2) is 30.3 Å². The van der Waals surface area contributed by atoms with E-state index in [1.165, 1.54) is 0 Å². The number of para-hydroxylation sites is 1. The molecule has 2 atom stereocenters. The molecule has 1 saturated carbocycles. The molecule has 0 unspecified atom stereocenters. The summed E-state index contributed by atoms with van der Waals surface area (Å²) in [6.07, 6.45) is 1.18. The fourth-order valence-corrected chi connectivity index (χ4v) is 3.38. The first-order valence-electron chi connectivity index (χ1n) is 6.84. The molecule has 1 aromatic rings. The van der Waals surface area contributed by atoms with Gasteiger partial charge in [-0.2, -0.15) is 0 Å². The van der Waals surface area contributed by atoms with Gasteiger partial charge in [0.25, 0.3) is 0 Å². The molecule has 0 amide bonds. The highest BCUT2D eigenvalue weighted by atomic mass is 16.6. The van der Waals surface area contributed by atoms with Crippen molar-refractivity contribution in [3.05, 3.63) is 30.3 Å². The van der Waals surface area contributed by atoms with Gasteiger partial charge in [-0.3, -0.25) is 4.79 Å². The molecule has 1 aliphatic heterocycles. The minimum Gasteiger partial charge on any atom is -0.446 e. The third-order valence-electron chi connectivity index (χ3n) is 5.37. The Morgan fingerprint density at radius 3 is 2.30 bits per heavy atom. The Labute approximate surface area is 118 Å². The van der Waals surface area contributed by atoms with Crippen molar-refractivity contribution >= 4 is 11.9 Å². The predicted molar refractivity (Wildman–Crippen MR) is 72.0 cm³/mol. The zero-order valence-corrected chi connectivity index (χ0v) is 11.9. The molecule has 1 aromatic carbocycles. The van der Waals surface area contributed by atoms with Gasteiger partial charge in [-0.25, -0.2) is 4.79 Å². The van der Waals surface area contributed by atoms with Crippen molar-refractivity contribution in [2.24, 2.45) is 10.8 Å². The van der Waals surface area contributed by atoms with Gasteiger partial charge in [0.1, 0.15) is 5.75 Å². The van der Waals surface area contributed by atoms with E-state index in [1.54, 1.807) is 24.3 Å². The largest absolute Gasteiger partial charge is 0.446 e. The summed E-state index contributed by atoms with van der Waals surface area (Å²) in [6, 6.07) is 8.87. The maximum atomic E-state index is 12.6. The lowest BCUT2D eigenvalue weighted by molar-refractivity contribution is -0.176. The van der Waals surface area contributed by atoms with Gasteiger partial charge in [-0.15, -0.1) is 0 Å². The molecule has 3 rings (SSSR count). The summed E-state index contributed by atoms with van der Waals surface area (Å²) in [5, 5.41) is 0. The van der Waals surface area contributed by atoms with Gasteiger partial charge in [0.15, 0.2) is 0 Å². The van der Waals surface area contributed by atoms with Crippen LogP contribution in [0.5, 0.6) is 5.75 Å². The van der Waals surface area contributed by atoms with E-state index in [2.05, 4.69) is 0 Å². The van der Waals surface area contributed by atoms with Crippen molar-refractivity contribution in [1.82, 2.24) is 0 Å². The van der Waals surface area contributed by atoms with E-state index in [9.17, 15) is 9.59 Å². The average molecular weight is 274 g/mol. The summed E-state index contributed by atoms with van der Waals surface area (Å²) >= 11 is 0. The van der Waals surface area contributed by atoms with E-state index in [1.807, 2.05) is 26.8 Å². The number of benzene rings is 1. The quantitative estimate of drug-likeness (QED) is 0.614. The van der Waals surface area contributed by atoms with Gasteiger partial charge in [0.2, 0.25) is 5.60 Å². The van der Waals surface area contributed by atoms with Crippen molar-refractivity contribution in [3.8, 4) is 5.75 Å². The second-order valence-corrected chi connectivity index (χ2v) is 6.38. The molecule has 4 nitrogen and oxygen atoms in total. The van der Waals surface area contributed by atoms with Crippen LogP contribution in [0.3, 0.4) is 0 Å². The number of esters is 2. The van der Waals surface area contributed by atoms with E-state index in [0.29, 0.717) is 18.6 Å². The number of hydrogen-bond donors (Lipinski definition) is 0. The Morgan fingerprint density at radius 1 is 1.15 bits per heavy atom. The molecule has 0 spiro atoms. The van der Waals surface area contributed by atoms with E-state index in [-0.39, 0.29) is 5.97 Å². The first-order chi connectivity index (χ1) is 9.33. The molecule has 0 N–H and O–H groups in total. The zero-order valence-electron chi connectivity index (χ0n) is 11.9. The van der Waals surface area contributed by atoms with Gasteiger partial charge >= 0.3 is 11.9 Å². The van der Waals surface area contributed by atoms with Gasteiger partial charge < -0.3 is 9.47 Å². The lowest BCUT2D eigenvalue weighted by Crippen LogP contribution is -2.50. The van der Waals surface area contributed by atoms with E-state index < -0.39 is 22.4 Å². The van der Waals surface area contributed by atoms with Crippen LogP contribution in [-0.4, -0.2) is 17.5 Å². The molecule has 4 heteroatoms. The monoisotopic (exact) mass is 274 g/mol. The number of rotatable bonds is 2. The summed E-state index contributed by atoms with van der Waals surface area (Å²) in [7, 11) is 0. The molecule has 1 heterocycles. The minimum atomic E-state index is -1.16. The third-order valence-corrected chi connectivity index (χ3v) is 5.37. The van der Waals surface area contributed by atoms with Gasteiger partial charge in [-0.1, -0.05) is 32.0 Å². The van der Waals surface area contributed by atoms with Crippen molar-refractivity contribution in [2.45, 2.75) is 39.2 Å². The first kappa shape index (κ1) is 13.2. The van der Waals surface area contributed by atoms with E-state index in [0.717, 1.165) is 0 Å². The van der Waals surface area contributed by atoms with Crippen LogP contribution in [0.4, 0.5) is 0 Å². The maximum Gasteiger partial charge on any atom is 0.356 e. The Hall–Kier alpha value is -1.84. The number of fused-ring (bicyclic) bond motifs is 2. The molecule has 1 saturated heterocycles. The predicted octanol–water partition coefficient (Wildman–Crippen LogP) is 2.71. The second kappa shape index (κ2) is 3.84. The summed E-state index contributed by atoms with van der Waals surface area (Å²) in [6.45, 7) is 5.70. The lowest BCUT2D eigenvalue weighted by Gasteiger charge is -2.34. The molecular formula is C16H18O4. The van der Waals surface area contributed by atoms with Crippen LogP contribution in [0.25, 0.3) is 0 Å². The molecule has 0 aromatic heterocycles. The van der Waals surface area contributed by atoms with Crippen LogP contribution in [0.1, 0.15) is 33.6 Å². The number of carbonyl (C=O) groups is 2. The highest BCUT2D eigenvalue weighted by Crippen LogP contribution is 2.65. The fraction of sp³-hybridized carbons (Fsp3) is 0.500. The Bertz CT molecular complexity index is 577. The van der Waals surface area contributed by atoms with E-state index in [4.69, 9.17) is 9.47 Å². The van der Waals surface area contributed by atoms with Crippen LogP contribution in [0.2, 0.25) is 0 Å². The number of carbonyl (C=O) groups excluding carboxylic acids is 2. The third kappa shape index (κ3) is 1.37. The minimum absolute atomic E-state index is 0.293. The zero-order chi connectivity index (χ0) is 14.6. The maximum absolute atomic E-state index is 12.6. The topological polar surface area (TPSA) is 52.6 Å². The average Bonchev–Trinajstić information content (AvgIpc) is 2.70. The second-order valence-electron chi connectivity index (χ2n) is 6.38. The summed E-state index contributed by atoms with van der Waals surface area (Å²) in [4.78, 5) is 24.7. The Kier molecular flexibility index (Phi) is 2.53. The normalized spacial score (nSPS) is 33.9. The van der Waals surface area contributed by atoms with Crippen molar-refractivity contribution in [3.63, 3.8) is 0 Å². The Balaban J connectivity index is 1.94. The highest BCUT2D eigenvalue weighted by Gasteiger charge is 2.76. The van der Waals surface area contributed by atoms with Crippen molar-refractivity contribution in [1.29, 1.82) is 0 Å². The summed E-state index contributed by atoms with van der Waals surface area (Å²) in [5.41, 5.74) is -2.33. The number of hydrogen-bond acceptors (Lipinski definition) is 4. The smallest absolute Gasteiger partial charge is 0.356 e. The molecule has 0 radical (unpaired) electrons. The molecule has 2 aliphatic rings. The van der Waals surface area contributed by atoms with E-state index >= 15 is 0 Å².